The third-order valence-corrected chi connectivity index (χ3v) is 3.84. The zero-order valence-corrected chi connectivity index (χ0v) is 13.6. The number of hydrogen-bond acceptors (Lipinski definition) is 4. The molecule has 2 aromatic rings. The molecule has 0 saturated heterocycles. The van der Waals surface area contributed by atoms with E-state index in [1.807, 2.05) is 13.8 Å². The molecule has 0 spiro atoms. The molecule has 0 bridgehead atoms. The van der Waals surface area contributed by atoms with E-state index in [1.165, 1.54) is 18.2 Å². The third kappa shape index (κ3) is 4.10. The van der Waals surface area contributed by atoms with Crippen LogP contribution in [0.1, 0.15) is 30.6 Å². The van der Waals surface area contributed by atoms with Crippen molar-refractivity contribution in [2.24, 2.45) is 5.92 Å². The van der Waals surface area contributed by atoms with Crippen LogP contribution in [-0.4, -0.2) is 22.6 Å². The second kappa shape index (κ2) is 7.59. The molecule has 1 unspecified atom stereocenters. The normalized spacial score (nSPS) is 11.8. The molecule has 0 aliphatic rings. The van der Waals surface area contributed by atoms with Crippen LogP contribution in [0.15, 0.2) is 42.5 Å². The van der Waals surface area contributed by atoms with Crippen LogP contribution in [0, 0.1) is 16.0 Å². The second-order valence-corrected chi connectivity index (χ2v) is 5.65. The third-order valence-electron chi connectivity index (χ3n) is 3.84. The molecule has 0 saturated carbocycles. The summed E-state index contributed by atoms with van der Waals surface area (Å²) in [7, 11) is 0. The average molecular weight is 329 g/mol. The number of benzene rings is 2. The maximum atomic E-state index is 11.3. The summed E-state index contributed by atoms with van der Waals surface area (Å²) in [5.41, 5.74) is 1.41. The first-order chi connectivity index (χ1) is 11.4. The van der Waals surface area contributed by atoms with E-state index in [0.29, 0.717) is 23.7 Å². The number of nitro groups is 1. The van der Waals surface area contributed by atoms with E-state index in [0.717, 1.165) is 6.42 Å². The summed E-state index contributed by atoms with van der Waals surface area (Å²) in [5, 5.41) is 20.2. The van der Waals surface area contributed by atoms with Crippen LogP contribution in [0.3, 0.4) is 0 Å². The number of nitrogens with zero attached hydrogens (tertiary/aromatic N) is 1. The number of nitro benzene ring substituents is 1. The van der Waals surface area contributed by atoms with Crippen molar-refractivity contribution < 1.29 is 19.6 Å². The van der Waals surface area contributed by atoms with Crippen molar-refractivity contribution >= 4 is 11.7 Å². The van der Waals surface area contributed by atoms with Gasteiger partial charge in [-0.15, -0.1) is 0 Å². The minimum absolute atomic E-state index is 0.0990. The van der Waals surface area contributed by atoms with Gasteiger partial charge in [0.15, 0.2) is 5.75 Å². The van der Waals surface area contributed by atoms with Crippen LogP contribution in [-0.2, 0) is 0 Å². The van der Waals surface area contributed by atoms with E-state index in [-0.39, 0.29) is 17.0 Å². The number of ether oxygens (including phenoxy) is 1. The molecule has 0 aromatic heterocycles. The Labute approximate surface area is 139 Å². The molecule has 0 radical (unpaired) electrons. The van der Waals surface area contributed by atoms with Crippen LogP contribution in [0.2, 0.25) is 0 Å². The Balaban J connectivity index is 2.30. The van der Waals surface area contributed by atoms with Crippen molar-refractivity contribution in [2.45, 2.75) is 20.3 Å². The quantitative estimate of drug-likeness (QED) is 0.601. The van der Waals surface area contributed by atoms with Crippen molar-refractivity contribution in [1.29, 1.82) is 0 Å². The lowest BCUT2D eigenvalue weighted by atomic mass is 10.0. The number of hydrogen-bond donors (Lipinski definition) is 1. The molecule has 6 nitrogen and oxygen atoms in total. The predicted octanol–water partition coefficient (Wildman–Crippen LogP) is 4.38. The van der Waals surface area contributed by atoms with Gasteiger partial charge in [0.25, 0.3) is 0 Å². The average Bonchev–Trinajstić information content (AvgIpc) is 2.59. The number of carboxylic acid groups (broad SMARTS) is 1. The summed E-state index contributed by atoms with van der Waals surface area (Å²) in [4.78, 5) is 21.7. The highest BCUT2D eigenvalue weighted by molar-refractivity contribution is 5.88. The molecule has 2 aromatic carbocycles. The summed E-state index contributed by atoms with van der Waals surface area (Å²) >= 11 is 0. The van der Waals surface area contributed by atoms with Gasteiger partial charge in [-0.05, 0) is 35.2 Å². The minimum Gasteiger partial charge on any atom is -0.487 e. The van der Waals surface area contributed by atoms with Crippen LogP contribution in [0.5, 0.6) is 5.75 Å². The van der Waals surface area contributed by atoms with Crippen LogP contribution in [0.25, 0.3) is 11.1 Å². The lowest BCUT2D eigenvalue weighted by Crippen LogP contribution is -2.08. The predicted molar refractivity (Wildman–Crippen MR) is 90.4 cm³/mol. The molecule has 24 heavy (non-hydrogen) atoms. The summed E-state index contributed by atoms with van der Waals surface area (Å²) in [6.07, 6.45) is 0.932. The van der Waals surface area contributed by atoms with E-state index in [2.05, 4.69) is 0 Å². The van der Waals surface area contributed by atoms with Gasteiger partial charge in [-0.1, -0.05) is 38.5 Å². The number of aromatic carboxylic acids is 1. The molecule has 0 aliphatic carbocycles. The van der Waals surface area contributed by atoms with Crippen molar-refractivity contribution in [3.63, 3.8) is 0 Å². The Morgan fingerprint density at radius 3 is 2.38 bits per heavy atom. The van der Waals surface area contributed by atoms with E-state index >= 15 is 0 Å². The van der Waals surface area contributed by atoms with Gasteiger partial charge in [0.1, 0.15) is 0 Å². The Bertz CT molecular complexity index is 740. The first kappa shape index (κ1) is 17.5. The zero-order valence-electron chi connectivity index (χ0n) is 13.6. The van der Waals surface area contributed by atoms with E-state index in [4.69, 9.17) is 9.84 Å². The summed E-state index contributed by atoms with van der Waals surface area (Å²) in [5.74, 6) is -0.458. The van der Waals surface area contributed by atoms with Crippen molar-refractivity contribution in [3.8, 4) is 16.9 Å². The molecule has 0 fully saturated rings. The fourth-order valence-corrected chi connectivity index (χ4v) is 2.12. The molecule has 0 amide bonds. The minimum atomic E-state index is -1.01. The largest absolute Gasteiger partial charge is 0.487 e. The SMILES string of the molecule is CCC(C)COc1ccc(-c2ccc(C(=O)O)cc2)cc1[N+](=O)[O-]. The summed E-state index contributed by atoms with van der Waals surface area (Å²) in [6, 6.07) is 11.0. The number of carbonyl (C=O) groups is 1. The van der Waals surface area contributed by atoms with Gasteiger partial charge in [0.2, 0.25) is 0 Å². The molecule has 6 heteroatoms. The van der Waals surface area contributed by atoms with Gasteiger partial charge in [-0.25, -0.2) is 4.79 Å². The summed E-state index contributed by atoms with van der Waals surface area (Å²) in [6.45, 7) is 4.47. The lowest BCUT2D eigenvalue weighted by molar-refractivity contribution is -0.385. The van der Waals surface area contributed by atoms with E-state index < -0.39 is 10.9 Å². The maximum absolute atomic E-state index is 11.3. The highest BCUT2D eigenvalue weighted by atomic mass is 16.6. The van der Waals surface area contributed by atoms with Crippen molar-refractivity contribution in [2.75, 3.05) is 6.61 Å². The number of carboxylic acids is 1. The van der Waals surface area contributed by atoms with Crippen molar-refractivity contribution in [3.05, 3.63) is 58.1 Å². The standard InChI is InChI=1S/C18H19NO5/c1-3-12(2)11-24-17-9-8-15(10-16(17)19(22)23)13-4-6-14(7-5-13)18(20)21/h4-10,12H,3,11H2,1-2H3,(H,20,21). The molecule has 0 heterocycles. The first-order valence-corrected chi connectivity index (χ1v) is 7.67. The lowest BCUT2D eigenvalue weighted by Gasteiger charge is -2.12. The fourth-order valence-electron chi connectivity index (χ4n) is 2.12. The van der Waals surface area contributed by atoms with Crippen LogP contribution < -0.4 is 4.74 Å². The smallest absolute Gasteiger partial charge is 0.335 e. The fraction of sp³-hybridized carbons (Fsp3) is 0.278. The van der Waals surface area contributed by atoms with Gasteiger partial charge < -0.3 is 9.84 Å². The highest BCUT2D eigenvalue weighted by Gasteiger charge is 2.17. The van der Waals surface area contributed by atoms with Gasteiger partial charge in [-0.2, -0.15) is 0 Å². The highest BCUT2D eigenvalue weighted by Crippen LogP contribution is 2.32. The summed E-state index contributed by atoms with van der Waals surface area (Å²) < 4.78 is 5.57. The molecule has 2 rings (SSSR count). The Morgan fingerprint density at radius 2 is 1.83 bits per heavy atom. The van der Waals surface area contributed by atoms with Crippen molar-refractivity contribution in [1.82, 2.24) is 0 Å². The molecular weight excluding hydrogens is 310 g/mol. The van der Waals surface area contributed by atoms with E-state index in [1.54, 1.807) is 24.3 Å². The van der Waals surface area contributed by atoms with Gasteiger partial charge in [0, 0.05) is 6.07 Å². The molecule has 1 N–H and O–H groups in total. The first-order valence-electron chi connectivity index (χ1n) is 7.67. The molecule has 1 atom stereocenters. The molecular formula is C18H19NO5. The van der Waals surface area contributed by atoms with Crippen LogP contribution in [0.4, 0.5) is 5.69 Å². The second-order valence-electron chi connectivity index (χ2n) is 5.65. The monoisotopic (exact) mass is 329 g/mol. The zero-order chi connectivity index (χ0) is 17.7. The Morgan fingerprint density at radius 1 is 1.21 bits per heavy atom. The number of rotatable bonds is 7. The molecule has 126 valence electrons. The Hall–Kier alpha value is -2.89. The maximum Gasteiger partial charge on any atom is 0.335 e. The Kier molecular flexibility index (Phi) is 5.52. The van der Waals surface area contributed by atoms with Gasteiger partial charge >= 0.3 is 11.7 Å². The van der Waals surface area contributed by atoms with E-state index in [9.17, 15) is 14.9 Å². The van der Waals surface area contributed by atoms with Crippen LogP contribution >= 0.6 is 0 Å². The molecule has 0 aliphatic heterocycles. The topological polar surface area (TPSA) is 89.7 Å². The van der Waals surface area contributed by atoms with Gasteiger partial charge in [0.05, 0.1) is 17.1 Å². The van der Waals surface area contributed by atoms with Gasteiger partial charge in [-0.3, -0.25) is 10.1 Å².